The van der Waals surface area contributed by atoms with Crippen molar-refractivity contribution in [3.8, 4) is 6.07 Å². The maximum absolute atomic E-state index is 14.6. The third kappa shape index (κ3) is 4.40. The zero-order valence-electron chi connectivity index (χ0n) is 26.9. The number of amides is 1. The molecule has 0 bridgehead atoms. The highest BCUT2D eigenvalue weighted by Gasteiger charge is 2.70. The molecule has 5 aliphatic carbocycles. The summed E-state index contributed by atoms with van der Waals surface area (Å²) >= 11 is 1.77. The van der Waals surface area contributed by atoms with Crippen LogP contribution in [0.3, 0.4) is 0 Å². The van der Waals surface area contributed by atoms with Crippen molar-refractivity contribution in [1.82, 2.24) is 5.32 Å². The van der Waals surface area contributed by atoms with Crippen LogP contribution >= 0.6 is 11.8 Å². The zero-order chi connectivity index (χ0) is 30.9. The number of thioether (sulfide) groups is 1. The van der Waals surface area contributed by atoms with E-state index in [9.17, 15) is 20.0 Å². The molecule has 0 spiro atoms. The van der Waals surface area contributed by atoms with Crippen molar-refractivity contribution in [2.45, 2.75) is 99.5 Å². The summed E-state index contributed by atoms with van der Waals surface area (Å²) in [4.78, 5) is 28.8. The van der Waals surface area contributed by atoms with Gasteiger partial charge in [-0.25, -0.2) is 0 Å². The molecule has 3 saturated carbocycles. The van der Waals surface area contributed by atoms with Crippen molar-refractivity contribution in [2.24, 2.45) is 56.0 Å². The molecule has 0 aromatic carbocycles. The Morgan fingerprint density at radius 3 is 2.45 bits per heavy atom. The van der Waals surface area contributed by atoms with Crippen LogP contribution in [-0.2, 0) is 9.59 Å². The van der Waals surface area contributed by atoms with Gasteiger partial charge in [0.25, 0.3) is 0 Å². The number of fused-ring (bicyclic) bond motifs is 7. The molecule has 0 radical (unpaired) electrons. The molecule has 5 rings (SSSR count). The Kier molecular flexibility index (Phi) is 7.94. The van der Waals surface area contributed by atoms with E-state index in [2.05, 4.69) is 59.9 Å². The van der Waals surface area contributed by atoms with Crippen LogP contribution in [0.2, 0.25) is 0 Å². The Bertz CT molecular complexity index is 1250. The Hall–Kier alpha value is -1.62. The summed E-state index contributed by atoms with van der Waals surface area (Å²) in [6.45, 7) is 17.0. The normalized spacial score (nSPS) is 43.4. The Morgan fingerprint density at radius 1 is 1.10 bits per heavy atom. The second-order valence-corrected chi connectivity index (χ2v) is 17.5. The molecule has 3 fully saturated rings. The highest BCUT2D eigenvalue weighted by molar-refractivity contribution is 7.99. The average molecular weight is 596 g/mol. The molecule has 42 heavy (non-hydrogen) atoms. The monoisotopic (exact) mass is 595 g/mol. The van der Waals surface area contributed by atoms with Gasteiger partial charge in [-0.3, -0.25) is 9.59 Å². The van der Waals surface area contributed by atoms with Gasteiger partial charge in [0.2, 0.25) is 5.91 Å². The number of ketones is 1. The van der Waals surface area contributed by atoms with Crippen molar-refractivity contribution in [3.63, 3.8) is 0 Å². The summed E-state index contributed by atoms with van der Waals surface area (Å²) < 4.78 is 0. The van der Waals surface area contributed by atoms with Gasteiger partial charge in [0, 0.05) is 35.9 Å². The minimum absolute atomic E-state index is 0.000759. The van der Waals surface area contributed by atoms with Crippen LogP contribution in [0.5, 0.6) is 0 Å². The van der Waals surface area contributed by atoms with Gasteiger partial charge in [-0.1, -0.05) is 60.1 Å². The second kappa shape index (κ2) is 10.5. The lowest BCUT2D eigenvalue weighted by Gasteiger charge is -2.69. The topological polar surface area (TPSA) is 116 Å². The fourth-order valence-corrected chi connectivity index (χ4v) is 11.4. The van der Waals surface area contributed by atoms with Gasteiger partial charge in [-0.05, 0) is 84.5 Å². The Labute approximate surface area is 257 Å². The third-order valence-corrected chi connectivity index (χ3v) is 14.3. The van der Waals surface area contributed by atoms with Crippen LogP contribution in [0, 0.1) is 61.6 Å². The smallest absolute Gasteiger partial charge is 0.226 e. The molecule has 1 amide bonds. The van der Waals surface area contributed by atoms with Crippen LogP contribution in [0.25, 0.3) is 0 Å². The van der Waals surface area contributed by atoms with E-state index in [1.165, 1.54) is 0 Å². The highest BCUT2D eigenvalue weighted by atomic mass is 32.2. The quantitative estimate of drug-likeness (QED) is 0.334. The number of carbonyl (C=O) groups is 2. The number of allylic oxidation sites excluding steroid dienone is 3. The van der Waals surface area contributed by atoms with Crippen molar-refractivity contribution in [2.75, 3.05) is 24.6 Å². The lowest BCUT2D eigenvalue weighted by molar-refractivity contribution is -0.179. The first-order valence-electron chi connectivity index (χ1n) is 16.2. The number of carbonyl (C=O) groups excluding carboxylic acids is 2. The summed E-state index contributed by atoms with van der Waals surface area (Å²) in [6.07, 6.45) is 9.38. The number of hydrogen-bond acceptors (Lipinski definition) is 6. The fourth-order valence-electron chi connectivity index (χ4n) is 10.8. The molecule has 0 aliphatic heterocycles. The van der Waals surface area contributed by atoms with E-state index in [1.807, 2.05) is 12.2 Å². The number of aliphatic hydroxyl groups is 1. The van der Waals surface area contributed by atoms with Crippen LogP contribution in [-0.4, -0.2) is 47.5 Å². The number of nitrogens with one attached hydrogen (secondary N) is 1. The molecule has 4 N–H and O–H groups in total. The molecular formula is C35H53N3O3S. The van der Waals surface area contributed by atoms with E-state index < -0.39 is 22.3 Å². The number of aliphatic hydroxyl groups excluding tert-OH is 1. The first-order chi connectivity index (χ1) is 19.5. The van der Waals surface area contributed by atoms with Crippen molar-refractivity contribution in [3.05, 3.63) is 23.3 Å². The molecule has 7 heteroatoms. The van der Waals surface area contributed by atoms with Gasteiger partial charge in [0.1, 0.15) is 0 Å². The maximum Gasteiger partial charge on any atom is 0.226 e. The van der Waals surface area contributed by atoms with Gasteiger partial charge in [0.05, 0.1) is 23.2 Å². The molecule has 6 nitrogen and oxygen atoms in total. The summed E-state index contributed by atoms with van der Waals surface area (Å²) in [5, 5.41) is 24.4. The van der Waals surface area contributed by atoms with E-state index in [-0.39, 0.29) is 45.7 Å². The molecule has 0 heterocycles. The summed E-state index contributed by atoms with van der Waals surface area (Å²) in [7, 11) is 0. The summed E-state index contributed by atoms with van der Waals surface area (Å²) in [5.41, 5.74) is 5.28. The lowest BCUT2D eigenvalue weighted by atomic mass is 9.34. The molecule has 1 unspecified atom stereocenters. The van der Waals surface area contributed by atoms with Crippen LogP contribution in [0.15, 0.2) is 23.3 Å². The van der Waals surface area contributed by atoms with Crippen LogP contribution < -0.4 is 11.1 Å². The number of nitrogens with two attached hydrogens (primary N) is 1. The predicted molar refractivity (Wildman–Crippen MR) is 169 cm³/mol. The van der Waals surface area contributed by atoms with E-state index in [0.29, 0.717) is 18.7 Å². The van der Waals surface area contributed by atoms with Gasteiger partial charge in [-0.15, -0.1) is 0 Å². The highest BCUT2D eigenvalue weighted by Crippen LogP contribution is 2.74. The number of rotatable bonds is 6. The van der Waals surface area contributed by atoms with Crippen LogP contribution in [0.1, 0.15) is 93.4 Å². The molecule has 0 saturated heterocycles. The molecule has 8 atom stereocenters. The lowest BCUT2D eigenvalue weighted by Crippen LogP contribution is -2.66. The molecule has 232 valence electrons. The van der Waals surface area contributed by atoms with Gasteiger partial charge in [-0.2, -0.15) is 17.0 Å². The number of nitrogens with zero attached hydrogens (tertiary/aromatic N) is 1. The van der Waals surface area contributed by atoms with E-state index in [1.54, 1.807) is 11.8 Å². The van der Waals surface area contributed by atoms with E-state index in [0.717, 1.165) is 62.0 Å². The Balaban J connectivity index is 1.58. The molecule has 0 aromatic heterocycles. The summed E-state index contributed by atoms with van der Waals surface area (Å²) in [6, 6.07) is 2.29. The average Bonchev–Trinajstić information content (AvgIpc) is 2.91. The minimum Gasteiger partial charge on any atom is -0.387 e. The zero-order valence-corrected chi connectivity index (χ0v) is 27.8. The molecule has 5 aliphatic rings. The molecular weight excluding hydrogens is 542 g/mol. The van der Waals surface area contributed by atoms with Crippen LogP contribution in [0.4, 0.5) is 0 Å². The van der Waals surface area contributed by atoms with Crippen molar-refractivity contribution >= 4 is 23.5 Å². The number of nitriles is 1. The molecule has 0 aromatic rings. The van der Waals surface area contributed by atoms with Gasteiger partial charge < -0.3 is 16.2 Å². The van der Waals surface area contributed by atoms with Gasteiger partial charge >= 0.3 is 0 Å². The van der Waals surface area contributed by atoms with Gasteiger partial charge in [0.15, 0.2) is 5.78 Å². The fraction of sp³-hybridized carbons (Fsp3) is 0.800. The van der Waals surface area contributed by atoms with E-state index in [4.69, 9.17) is 5.73 Å². The third-order valence-electron chi connectivity index (χ3n) is 13.3. The predicted octanol–water partition coefficient (Wildman–Crippen LogP) is 5.81. The Morgan fingerprint density at radius 2 is 1.79 bits per heavy atom. The first-order valence-corrected chi connectivity index (χ1v) is 17.3. The second-order valence-electron chi connectivity index (χ2n) is 16.3. The standard InChI is InChI=1S/C35H53N3O3S/c1-30(2)10-12-35(29(41)38-15-17-42-16-14-36)13-11-34(7)27(23(35)20-30)24(39)18-26-32(5)19-22(21-37)28(40)31(3,4)25(32)8-9-33(26,34)6/h18-19,23,25,27-28,40H,8-17,20,36H2,1-7H3,(H,38,41)/t23-,25+,27+,28?,32+,33-,34-,35+/m1/s1. The number of hydrogen-bond donors (Lipinski definition) is 3. The maximum atomic E-state index is 14.6. The van der Waals surface area contributed by atoms with Crippen molar-refractivity contribution < 1.29 is 14.7 Å². The minimum atomic E-state index is -0.805. The largest absolute Gasteiger partial charge is 0.387 e. The first kappa shape index (κ1) is 31.8. The summed E-state index contributed by atoms with van der Waals surface area (Å²) in [5.74, 6) is 1.97. The van der Waals surface area contributed by atoms with Crippen molar-refractivity contribution in [1.29, 1.82) is 5.26 Å². The van der Waals surface area contributed by atoms with E-state index >= 15 is 0 Å². The SMILES string of the molecule is CC1(C)CC[C@]2(C(=O)NCCSCCN)CC[C@]3(C)[C@H](C(=O)C=C4[C@@]5(C)C=C(C#N)C(O)C(C)(C)[C@@H]5CC[C@]43C)[C@H]2C1.